The first-order chi connectivity index (χ1) is 9.16. The van der Waals surface area contributed by atoms with Gasteiger partial charge in [-0.2, -0.15) is 0 Å². The van der Waals surface area contributed by atoms with Gasteiger partial charge in [-0.3, -0.25) is 0 Å². The van der Waals surface area contributed by atoms with E-state index in [1.165, 1.54) is 6.42 Å². The molecule has 0 aliphatic heterocycles. The quantitative estimate of drug-likeness (QED) is 0.817. The maximum Gasteiger partial charge on any atom is 0.119 e. The third kappa shape index (κ3) is 4.37. The molecule has 0 heterocycles. The van der Waals surface area contributed by atoms with Crippen LogP contribution >= 0.6 is 11.6 Å². The zero-order chi connectivity index (χ0) is 13.7. The average Bonchev–Trinajstić information content (AvgIpc) is 2.40. The first-order valence-electron chi connectivity index (χ1n) is 6.97. The minimum atomic E-state index is -0.202. The predicted octanol–water partition coefficient (Wildman–Crippen LogP) is 2.92. The third-order valence-corrected chi connectivity index (χ3v) is 4.06. The Bertz CT molecular complexity index is 411. The Labute approximate surface area is 119 Å². The van der Waals surface area contributed by atoms with E-state index in [1.54, 1.807) is 0 Å². The van der Waals surface area contributed by atoms with Gasteiger partial charge in [-0.1, -0.05) is 24.4 Å². The molecule has 19 heavy (non-hydrogen) atoms. The number of nitrogens with one attached hydrogen (secondary N) is 1. The maximum atomic E-state index is 9.83. The summed E-state index contributed by atoms with van der Waals surface area (Å²) in [5.74, 6) is 0.841. The Morgan fingerprint density at radius 2 is 2.16 bits per heavy atom. The lowest BCUT2D eigenvalue weighted by atomic mass is 9.93. The van der Waals surface area contributed by atoms with Gasteiger partial charge in [-0.15, -0.1) is 0 Å². The number of halogens is 1. The highest BCUT2D eigenvalue weighted by Gasteiger charge is 2.21. The van der Waals surface area contributed by atoms with Crippen molar-refractivity contribution < 1.29 is 9.84 Å². The highest BCUT2D eigenvalue weighted by Crippen LogP contribution is 2.21. The van der Waals surface area contributed by atoms with Crippen LogP contribution in [0.3, 0.4) is 0 Å². The molecule has 2 rings (SSSR count). The number of hydrogen-bond donors (Lipinski definition) is 2. The zero-order valence-corrected chi connectivity index (χ0v) is 12.1. The van der Waals surface area contributed by atoms with Crippen LogP contribution < -0.4 is 10.1 Å². The standard InChI is InChI=1S/C15H22ClNO2/c1-11-10-12(6-7-13(11)16)19-9-8-17-14-4-2-3-5-15(14)18/h6-7,10,14-15,17-18H,2-5,8-9H2,1H3. The first kappa shape index (κ1) is 14.6. The highest BCUT2D eigenvalue weighted by molar-refractivity contribution is 6.31. The number of aliphatic hydroxyl groups excluding tert-OH is 1. The number of rotatable bonds is 5. The van der Waals surface area contributed by atoms with E-state index in [2.05, 4.69) is 5.32 Å². The molecule has 1 aliphatic carbocycles. The summed E-state index contributed by atoms with van der Waals surface area (Å²) < 4.78 is 5.67. The summed E-state index contributed by atoms with van der Waals surface area (Å²) in [6, 6.07) is 5.90. The Morgan fingerprint density at radius 3 is 2.89 bits per heavy atom. The van der Waals surface area contributed by atoms with Crippen molar-refractivity contribution in [1.82, 2.24) is 5.32 Å². The lowest BCUT2D eigenvalue weighted by molar-refractivity contribution is 0.0890. The van der Waals surface area contributed by atoms with E-state index in [9.17, 15) is 5.11 Å². The van der Waals surface area contributed by atoms with Gasteiger partial charge in [0.05, 0.1) is 6.10 Å². The Hall–Kier alpha value is -0.770. The first-order valence-corrected chi connectivity index (χ1v) is 7.35. The van der Waals surface area contributed by atoms with Crippen LogP contribution in [0.1, 0.15) is 31.2 Å². The monoisotopic (exact) mass is 283 g/mol. The molecule has 1 saturated carbocycles. The van der Waals surface area contributed by atoms with Crippen LogP contribution in [0.5, 0.6) is 5.75 Å². The number of hydrogen-bond acceptors (Lipinski definition) is 3. The van der Waals surface area contributed by atoms with Crippen molar-refractivity contribution in [2.24, 2.45) is 0 Å². The second-order valence-electron chi connectivity index (χ2n) is 5.17. The molecule has 3 nitrogen and oxygen atoms in total. The van der Waals surface area contributed by atoms with Crippen LogP contribution in [0.2, 0.25) is 5.02 Å². The molecular formula is C15H22ClNO2. The van der Waals surface area contributed by atoms with Gasteiger partial charge in [0.25, 0.3) is 0 Å². The van der Waals surface area contributed by atoms with Crippen LogP contribution in [-0.4, -0.2) is 30.4 Å². The number of ether oxygens (including phenoxy) is 1. The predicted molar refractivity (Wildman–Crippen MR) is 77.9 cm³/mol. The van der Waals surface area contributed by atoms with Crippen molar-refractivity contribution in [2.75, 3.05) is 13.2 Å². The molecule has 1 fully saturated rings. The maximum absolute atomic E-state index is 9.83. The molecule has 0 radical (unpaired) electrons. The lowest BCUT2D eigenvalue weighted by Crippen LogP contribution is -2.43. The van der Waals surface area contributed by atoms with Crippen molar-refractivity contribution in [3.8, 4) is 5.75 Å². The second-order valence-corrected chi connectivity index (χ2v) is 5.58. The molecule has 0 spiro atoms. The van der Waals surface area contributed by atoms with E-state index in [-0.39, 0.29) is 12.1 Å². The minimum absolute atomic E-state index is 0.202. The molecule has 4 heteroatoms. The van der Waals surface area contributed by atoms with Crippen LogP contribution in [0.25, 0.3) is 0 Å². The molecule has 106 valence electrons. The fourth-order valence-corrected chi connectivity index (χ4v) is 2.59. The fraction of sp³-hybridized carbons (Fsp3) is 0.600. The Kier molecular flexibility index (Phi) is 5.49. The van der Waals surface area contributed by atoms with Gasteiger partial charge in [0.2, 0.25) is 0 Å². The third-order valence-electron chi connectivity index (χ3n) is 3.64. The molecule has 0 saturated heterocycles. The van der Waals surface area contributed by atoms with Crippen molar-refractivity contribution in [3.05, 3.63) is 28.8 Å². The summed E-state index contributed by atoms with van der Waals surface area (Å²) in [7, 11) is 0. The van der Waals surface area contributed by atoms with Crippen LogP contribution in [0.15, 0.2) is 18.2 Å². The number of aryl methyl sites for hydroxylation is 1. The second kappa shape index (κ2) is 7.13. The van der Waals surface area contributed by atoms with Gasteiger partial charge >= 0.3 is 0 Å². The smallest absolute Gasteiger partial charge is 0.119 e. The van der Waals surface area contributed by atoms with E-state index < -0.39 is 0 Å². The molecular weight excluding hydrogens is 262 g/mol. The van der Waals surface area contributed by atoms with Gasteiger partial charge < -0.3 is 15.2 Å². The summed E-state index contributed by atoms with van der Waals surface area (Å²) in [5.41, 5.74) is 1.02. The van der Waals surface area contributed by atoms with Crippen LogP contribution in [0.4, 0.5) is 0 Å². The molecule has 2 unspecified atom stereocenters. The summed E-state index contributed by atoms with van der Waals surface area (Å²) >= 11 is 5.96. The molecule has 1 aromatic rings. The molecule has 0 aromatic heterocycles. The van der Waals surface area contributed by atoms with Gasteiger partial charge in [-0.05, 0) is 43.5 Å². The Balaban J connectivity index is 1.70. The molecule has 1 aromatic carbocycles. The number of benzene rings is 1. The summed E-state index contributed by atoms with van der Waals surface area (Å²) in [5, 5.41) is 14.0. The molecule has 2 N–H and O–H groups in total. The minimum Gasteiger partial charge on any atom is -0.492 e. The summed E-state index contributed by atoms with van der Waals surface area (Å²) in [6.07, 6.45) is 4.11. The topological polar surface area (TPSA) is 41.5 Å². The van der Waals surface area contributed by atoms with Gasteiger partial charge in [0.15, 0.2) is 0 Å². The van der Waals surface area contributed by atoms with Gasteiger partial charge in [-0.25, -0.2) is 0 Å². The van der Waals surface area contributed by atoms with E-state index in [0.29, 0.717) is 6.61 Å². The summed E-state index contributed by atoms with van der Waals surface area (Å²) in [4.78, 5) is 0. The molecule has 0 amide bonds. The van der Waals surface area contributed by atoms with E-state index in [0.717, 1.165) is 42.1 Å². The van der Waals surface area contributed by atoms with Crippen molar-refractivity contribution in [1.29, 1.82) is 0 Å². The van der Waals surface area contributed by atoms with Crippen molar-refractivity contribution in [2.45, 2.75) is 44.8 Å². The molecule has 1 aliphatic rings. The van der Waals surface area contributed by atoms with Gasteiger partial charge in [0, 0.05) is 17.6 Å². The van der Waals surface area contributed by atoms with Gasteiger partial charge in [0.1, 0.15) is 12.4 Å². The SMILES string of the molecule is Cc1cc(OCCNC2CCCCC2O)ccc1Cl. The molecule has 2 atom stereocenters. The van der Waals surface area contributed by atoms with Crippen LogP contribution in [0, 0.1) is 6.92 Å². The van der Waals surface area contributed by atoms with E-state index in [1.807, 2.05) is 25.1 Å². The highest BCUT2D eigenvalue weighted by atomic mass is 35.5. The van der Waals surface area contributed by atoms with Crippen molar-refractivity contribution >= 4 is 11.6 Å². The largest absolute Gasteiger partial charge is 0.492 e. The van der Waals surface area contributed by atoms with E-state index >= 15 is 0 Å². The fourth-order valence-electron chi connectivity index (χ4n) is 2.47. The zero-order valence-electron chi connectivity index (χ0n) is 11.4. The number of aliphatic hydroxyl groups is 1. The van der Waals surface area contributed by atoms with Crippen LogP contribution in [-0.2, 0) is 0 Å². The summed E-state index contributed by atoms with van der Waals surface area (Å²) in [6.45, 7) is 3.32. The normalized spacial score (nSPS) is 23.3. The van der Waals surface area contributed by atoms with Crippen molar-refractivity contribution in [3.63, 3.8) is 0 Å². The average molecular weight is 284 g/mol. The lowest BCUT2D eigenvalue weighted by Gasteiger charge is -2.28. The molecule has 0 bridgehead atoms. The Morgan fingerprint density at radius 1 is 1.37 bits per heavy atom. The van der Waals surface area contributed by atoms with E-state index in [4.69, 9.17) is 16.3 Å².